The largest absolute Gasteiger partial charge is 0.460 e. The maximum absolute atomic E-state index is 11.6. The smallest absolute Gasteiger partial charge is 0.374 e. The predicted molar refractivity (Wildman–Crippen MR) is 61.2 cm³/mol. The average Bonchev–Trinajstić information content (AvgIpc) is 2.69. The zero-order valence-corrected chi connectivity index (χ0v) is 9.36. The van der Waals surface area contributed by atoms with Gasteiger partial charge in [0, 0.05) is 0 Å². The molecule has 2 rings (SSSR count). The van der Waals surface area contributed by atoms with E-state index in [1.807, 2.05) is 38.1 Å². The molecule has 16 heavy (non-hydrogen) atoms. The number of ether oxygens (including phenoxy) is 1. The van der Waals surface area contributed by atoms with E-state index in [1.165, 1.54) is 0 Å². The van der Waals surface area contributed by atoms with Crippen molar-refractivity contribution in [3.05, 3.63) is 30.1 Å². The number of H-pyrrole nitrogens is 1. The van der Waals surface area contributed by atoms with Gasteiger partial charge in [0.2, 0.25) is 5.82 Å². The van der Waals surface area contributed by atoms with Gasteiger partial charge >= 0.3 is 5.97 Å². The molecule has 0 saturated heterocycles. The first-order valence-electron chi connectivity index (χ1n) is 5.28. The molecular formula is C12H14N2O2. The first-order valence-corrected chi connectivity index (χ1v) is 5.28. The number of aromatic amines is 1. The number of hydrogen-bond acceptors (Lipinski definition) is 3. The zero-order chi connectivity index (χ0) is 11.5. The molecule has 4 nitrogen and oxygen atoms in total. The van der Waals surface area contributed by atoms with Gasteiger partial charge in [-0.05, 0) is 18.1 Å². The van der Waals surface area contributed by atoms with Gasteiger partial charge in [0.1, 0.15) is 0 Å². The minimum Gasteiger partial charge on any atom is -0.460 e. The summed E-state index contributed by atoms with van der Waals surface area (Å²) < 4.78 is 5.09. The van der Waals surface area contributed by atoms with E-state index >= 15 is 0 Å². The van der Waals surface area contributed by atoms with Crippen molar-refractivity contribution >= 4 is 17.0 Å². The van der Waals surface area contributed by atoms with Crippen LogP contribution in [0.25, 0.3) is 11.0 Å². The monoisotopic (exact) mass is 218 g/mol. The Bertz CT molecular complexity index is 469. The van der Waals surface area contributed by atoms with E-state index in [2.05, 4.69) is 9.97 Å². The summed E-state index contributed by atoms with van der Waals surface area (Å²) in [6, 6.07) is 7.50. The Morgan fingerprint density at radius 3 is 2.88 bits per heavy atom. The maximum atomic E-state index is 11.6. The van der Waals surface area contributed by atoms with Gasteiger partial charge in [0.25, 0.3) is 0 Å². The van der Waals surface area contributed by atoms with Crippen molar-refractivity contribution < 1.29 is 9.53 Å². The Labute approximate surface area is 93.6 Å². The Balaban J connectivity index is 2.17. The molecule has 84 valence electrons. The number of hydrogen-bond donors (Lipinski definition) is 1. The third-order valence-corrected chi connectivity index (χ3v) is 2.13. The van der Waals surface area contributed by atoms with Gasteiger partial charge < -0.3 is 9.72 Å². The molecule has 2 aromatic rings. The lowest BCUT2D eigenvalue weighted by atomic mass is 10.2. The fourth-order valence-electron chi connectivity index (χ4n) is 1.36. The van der Waals surface area contributed by atoms with Crippen LogP contribution in [-0.4, -0.2) is 22.5 Å². The van der Waals surface area contributed by atoms with Gasteiger partial charge in [-0.25, -0.2) is 9.78 Å². The van der Waals surface area contributed by atoms with Crippen LogP contribution < -0.4 is 0 Å². The van der Waals surface area contributed by atoms with Crippen molar-refractivity contribution in [3.8, 4) is 0 Å². The van der Waals surface area contributed by atoms with E-state index in [1.54, 1.807) is 0 Å². The molecule has 0 fully saturated rings. The summed E-state index contributed by atoms with van der Waals surface area (Å²) in [5, 5.41) is 0. The van der Waals surface area contributed by atoms with Crippen LogP contribution in [0, 0.1) is 5.92 Å². The van der Waals surface area contributed by atoms with Crippen molar-refractivity contribution in [1.82, 2.24) is 9.97 Å². The van der Waals surface area contributed by atoms with Gasteiger partial charge in [0.15, 0.2) is 0 Å². The molecule has 1 N–H and O–H groups in total. The molecule has 4 heteroatoms. The van der Waals surface area contributed by atoms with Crippen LogP contribution in [0.3, 0.4) is 0 Å². The van der Waals surface area contributed by atoms with Crippen LogP contribution >= 0.6 is 0 Å². The predicted octanol–water partition coefficient (Wildman–Crippen LogP) is 2.38. The first-order chi connectivity index (χ1) is 7.66. The summed E-state index contributed by atoms with van der Waals surface area (Å²) in [7, 11) is 0. The molecule has 0 unspecified atom stereocenters. The molecule has 0 amide bonds. The highest BCUT2D eigenvalue weighted by Gasteiger charge is 2.12. The number of para-hydroxylation sites is 2. The lowest BCUT2D eigenvalue weighted by molar-refractivity contribution is 0.0446. The van der Waals surface area contributed by atoms with Crippen LogP contribution in [0.1, 0.15) is 24.5 Å². The third-order valence-electron chi connectivity index (χ3n) is 2.13. The number of carbonyl (C=O) groups is 1. The van der Waals surface area contributed by atoms with Crippen LogP contribution in [0.2, 0.25) is 0 Å². The second kappa shape index (κ2) is 4.35. The highest BCUT2D eigenvalue weighted by molar-refractivity contribution is 5.90. The normalized spacial score (nSPS) is 10.9. The molecular weight excluding hydrogens is 204 g/mol. The lowest BCUT2D eigenvalue weighted by Crippen LogP contribution is -2.11. The van der Waals surface area contributed by atoms with Crippen molar-refractivity contribution in [1.29, 1.82) is 0 Å². The summed E-state index contributed by atoms with van der Waals surface area (Å²) >= 11 is 0. The Morgan fingerprint density at radius 1 is 1.44 bits per heavy atom. The summed E-state index contributed by atoms with van der Waals surface area (Å²) in [5.41, 5.74) is 1.62. The number of benzene rings is 1. The highest BCUT2D eigenvalue weighted by Crippen LogP contribution is 2.11. The topological polar surface area (TPSA) is 55.0 Å². The Hall–Kier alpha value is -1.84. The van der Waals surface area contributed by atoms with Crippen molar-refractivity contribution in [2.75, 3.05) is 6.61 Å². The summed E-state index contributed by atoms with van der Waals surface area (Å²) in [6.07, 6.45) is 0. The number of nitrogens with one attached hydrogen (secondary N) is 1. The van der Waals surface area contributed by atoms with Gasteiger partial charge in [-0.15, -0.1) is 0 Å². The van der Waals surface area contributed by atoms with E-state index in [-0.39, 0.29) is 5.82 Å². The first kappa shape index (κ1) is 10.7. The summed E-state index contributed by atoms with van der Waals surface area (Å²) in [4.78, 5) is 18.7. The molecule has 0 radical (unpaired) electrons. The second-order valence-corrected chi connectivity index (χ2v) is 4.09. The maximum Gasteiger partial charge on any atom is 0.374 e. The number of aromatic nitrogens is 2. The summed E-state index contributed by atoms with van der Waals surface area (Å²) in [6.45, 7) is 4.40. The third kappa shape index (κ3) is 2.21. The molecule has 0 atom stereocenters. The Morgan fingerprint density at radius 2 is 2.19 bits per heavy atom. The average molecular weight is 218 g/mol. The molecule has 1 heterocycles. The minimum atomic E-state index is -0.398. The van der Waals surface area contributed by atoms with Crippen LogP contribution in [0.4, 0.5) is 0 Å². The van der Waals surface area contributed by atoms with E-state index in [4.69, 9.17) is 4.74 Å². The second-order valence-electron chi connectivity index (χ2n) is 4.09. The SMILES string of the molecule is CC(C)COC(=O)c1nc2ccccc2[nH]1. The van der Waals surface area contributed by atoms with E-state index in [9.17, 15) is 4.79 Å². The number of nitrogens with zero attached hydrogens (tertiary/aromatic N) is 1. The number of fused-ring (bicyclic) bond motifs is 1. The van der Waals surface area contributed by atoms with Crippen LogP contribution in [0.5, 0.6) is 0 Å². The number of esters is 1. The molecule has 0 saturated carbocycles. The minimum absolute atomic E-state index is 0.266. The fraction of sp³-hybridized carbons (Fsp3) is 0.333. The quantitative estimate of drug-likeness (QED) is 0.805. The molecule has 0 aliphatic rings. The highest BCUT2D eigenvalue weighted by atomic mass is 16.5. The molecule has 0 aliphatic carbocycles. The van der Waals surface area contributed by atoms with Crippen molar-refractivity contribution in [2.45, 2.75) is 13.8 Å². The molecule has 1 aromatic heterocycles. The fourth-order valence-corrected chi connectivity index (χ4v) is 1.36. The van der Waals surface area contributed by atoms with E-state index in [0.29, 0.717) is 12.5 Å². The van der Waals surface area contributed by atoms with E-state index in [0.717, 1.165) is 11.0 Å². The molecule has 0 aliphatic heterocycles. The number of carbonyl (C=O) groups excluding carboxylic acids is 1. The van der Waals surface area contributed by atoms with Gasteiger partial charge in [-0.3, -0.25) is 0 Å². The van der Waals surface area contributed by atoms with Crippen molar-refractivity contribution in [3.63, 3.8) is 0 Å². The van der Waals surface area contributed by atoms with Gasteiger partial charge in [0.05, 0.1) is 17.6 Å². The van der Waals surface area contributed by atoms with Crippen LogP contribution in [0.15, 0.2) is 24.3 Å². The van der Waals surface area contributed by atoms with Crippen molar-refractivity contribution in [2.24, 2.45) is 5.92 Å². The standard InChI is InChI=1S/C12H14N2O2/c1-8(2)7-16-12(15)11-13-9-5-3-4-6-10(9)14-11/h3-6,8H,7H2,1-2H3,(H,13,14). The van der Waals surface area contributed by atoms with Gasteiger partial charge in [-0.2, -0.15) is 0 Å². The molecule has 0 spiro atoms. The number of rotatable bonds is 3. The molecule has 1 aromatic carbocycles. The van der Waals surface area contributed by atoms with Crippen LogP contribution in [-0.2, 0) is 4.74 Å². The lowest BCUT2D eigenvalue weighted by Gasteiger charge is -2.04. The zero-order valence-electron chi connectivity index (χ0n) is 9.36. The summed E-state index contributed by atoms with van der Waals surface area (Å²) in [5.74, 6) is 0.195. The van der Waals surface area contributed by atoms with Gasteiger partial charge in [-0.1, -0.05) is 26.0 Å². The number of imidazole rings is 1. The Kier molecular flexibility index (Phi) is 2.90. The van der Waals surface area contributed by atoms with E-state index < -0.39 is 5.97 Å². The molecule has 0 bridgehead atoms.